The lowest BCUT2D eigenvalue weighted by Crippen LogP contribution is -2.24. The van der Waals surface area contributed by atoms with Crippen molar-refractivity contribution >= 4 is 0 Å². The van der Waals surface area contributed by atoms with Gasteiger partial charge in [0.05, 0.1) is 0 Å². The summed E-state index contributed by atoms with van der Waals surface area (Å²) < 4.78 is 5.86. The molecule has 0 radical (unpaired) electrons. The SMILES string of the molecule is C#Cc1cc(C)c2c(c1)CC(C)(C)O2. The summed E-state index contributed by atoms with van der Waals surface area (Å²) >= 11 is 0. The first-order valence-electron chi connectivity index (χ1n) is 4.81. The molecule has 0 saturated carbocycles. The number of hydrogen-bond acceptors (Lipinski definition) is 1. The maximum absolute atomic E-state index is 5.86. The third-order valence-corrected chi connectivity index (χ3v) is 2.51. The van der Waals surface area contributed by atoms with Gasteiger partial charge in [0.1, 0.15) is 11.4 Å². The van der Waals surface area contributed by atoms with Gasteiger partial charge < -0.3 is 4.74 Å². The molecule has 1 nitrogen and oxygen atoms in total. The summed E-state index contributed by atoms with van der Waals surface area (Å²) in [4.78, 5) is 0. The van der Waals surface area contributed by atoms with E-state index in [0.717, 1.165) is 23.3 Å². The van der Waals surface area contributed by atoms with Crippen molar-refractivity contribution in [2.75, 3.05) is 0 Å². The van der Waals surface area contributed by atoms with Crippen LogP contribution in [0.1, 0.15) is 30.5 Å². The minimum absolute atomic E-state index is 0.0830. The second kappa shape index (κ2) is 2.78. The highest BCUT2D eigenvalue weighted by molar-refractivity contribution is 5.51. The third kappa shape index (κ3) is 1.37. The number of hydrogen-bond donors (Lipinski definition) is 0. The summed E-state index contributed by atoms with van der Waals surface area (Å²) in [6.07, 6.45) is 6.33. The molecular formula is C13H14O. The van der Waals surface area contributed by atoms with Crippen LogP contribution >= 0.6 is 0 Å². The third-order valence-electron chi connectivity index (χ3n) is 2.51. The monoisotopic (exact) mass is 186 g/mol. The Labute approximate surface area is 85.1 Å². The fraction of sp³-hybridized carbons (Fsp3) is 0.385. The second-order valence-corrected chi connectivity index (χ2v) is 4.46. The lowest BCUT2D eigenvalue weighted by molar-refractivity contribution is 0.137. The molecule has 1 heteroatoms. The summed E-state index contributed by atoms with van der Waals surface area (Å²) in [7, 11) is 0. The molecular weight excluding hydrogens is 172 g/mol. The molecule has 1 aliphatic heterocycles. The minimum Gasteiger partial charge on any atom is -0.487 e. The van der Waals surface area contributed by atoms with E-state index in [1.165, 1.54) is 5.56 Å². The molecule has 0 atom stereocenters. The second-order valence-electron chi connectivity index (χ2n) is 4.46. The van der Waals surface area contributed by atoms with Gasteiger partial charge in [-0.25, -0.2) is 0 Å². The first-order valence-corrected chi connectivity index (χ1v) is 4.81. The van der Waals surface area contributed by atoms with Crippen LogP contribution in [0.25, 0.3) is 0 Å². The number of aryl methyl sites for hydroxylation is 1. The molecule has 0 amide bonds. The average molecular weight is 186 g/mol. The molecule has 0 aromatic heterocycles. The van der Waals surface area contributed by atoms with E-state index in [-0.39, 0.29) is 5.60 Å². The van der Waals surface area contributed by atoms with Crippen LogP contribution in [-0.4, -0.2) is 5.60 Å². The van der Waals surface area contributed by atoms with Crippen LogP contribution < -0.4 is 4.74 Å². The highest BCUT2D eigenvalue weighted by Gasteiger charge is 2.31. The molecule has 0 saturated heterocycles. The molecule has 1 heterocycles. The Morgan fingerprint density at radius 2 is 2.14 bits per heavy atom. The molecule has 0 N–H and O–H groups in total. The summed E-state index contributed by atoms with van der Waals surface area (Å²) in [5, 5.41) is 0. The Kier molecular flexibility index (Phi) is 1.82. The lowest BCUT2D eigenvalue weighted by Gasteiger charge is -2.17. The van der Waals surface area contributed by atoms with Gasteiger partial charge in [-0.15, -0.1) is 6.42 Å². The zero-order chi connectivity index (χ0) is 10.3. The van der Waals surface area contributed by atoms with Crippen LogP contribution in [0.3, 0.4) is 0 Å². The summed E-state index contributed by atoms with van der Waals surface area (Å²) in [5.74, 6) is 3.69. The van der Waals surface area contributed by atoms with Crippen molar-refractivity contribution in [2.24, 2.45) is 0 Å². The summed E-state index contributed by atoms with van der Waals surface area (Å²) in [6, 6.07) is 4.05. The van der Waals surface area contributed by atoms with Gasteiger partial charge in [0, 0.05) is 12.0 Å². The molecule has 1 aromatic rings. The predicted octanol–water partition coefficient (Wildman–Crippen LogP) is 2.69. The van der Waals surface area contributed by atoms with Crippen molar-refractivity contribution in [1.82, 2.24) is 0 Å². The zero-order valence-electron chi connectivity index (χ0n) is 8.85. The van der Waals surface area contributed by atoms with E-state index in [2.05, 4.69) is 25.8 Å². The Morgan fingerprint density at radius 3 is 2.79 bits per heavy atom. The van der Waals surface area contributed by atoms with Gasteiger partial charge in [0.25, 0.3) is 0 Å². The van der Waals surface area contributed by atoms with Crippen molar-refractivity contribution in [3.63, 3.8) is 0 Å². The number of fused-ring (bicyclic) bond motifs is 1. The molecule has 0 unspecified atom stereocenters. The van der Waals surface area contributed by atoms with E-state index >= 15 is 0 Å². The summed E-state index contributed by atoms with van der Waals surface area (Å²) in [6.45, 7) is 6.24. The van der Waals surface area contributed by atoms with Crippen molar-refractivity contribution in [2.45, 2.75) is 32.8 Å². The normalized spacial score (nSPS) is 17.0. The van der Waals surface area contributed by atoms with Crippen molar-refractivity contribution in [3.8, 4) is 18.1 Å². The van der Waals surface area contributed by atoms with Gasteiger partial charge in [-0.3, -0.25) is 0 Å². The van der Waals surface area contributed by atoms with Crippen molar-refractivity contribution in [1.29, 1.82) is 0 Å². The number of ether oxygens (including phenoxy) is 1. The molecule has 0 bridgehead atoms. The molecule has 2 rings (SSSR count). The van der Waals surface area contributed by atoms with Crippen molar-refractivity contribution < 1.29 is 4.74 Å². The molecule has 0 fully saturated rings. The zero-order valence-corrected chi connectivity index (χ0v) is 8.85. The topological polar surface area (TPSA) is 9.23 Å². The maximum atomic E-state index is 5.86. The van der Waals surface area contributed by atoms with E-state index in [1.54, 1.807) is 0 Å². The molecule has 1 aliphatic rings. The Hall–Kier alpha value is -1.42. The Morgan fingerprint density at radius 1 is 1.43 bits per heavy atom. The number of benzene rings is 1. The number of rotatable bonds is 0. The highest BCUT2D eigenvalue weighted by atomic mass is 16.5. The average Bonchev–Trinajstić information content (AvgIpc) is 2.40. The van der Waals surface area contributed by atoms with Crippen LogP contribution in [0.15, 0.2) is 12.1 Å². The minimum atomic E-state index is -0.0830. The standard InChI is InChI=1S/C13H14O/c1-5-10-6-9(2)12-11(7-10)8-13(3,4)14-12/h1,6-7H,8H2,2-4H3. The molecule has 1 aromatic carbocycles. The van der Waals surface area contributed by atoms with Gasteiger partial charge in [-0.1, -0.05) is 5.92 Å². The van der Waals surface area contributed by atoms with Gasteiger partial charge >= 0.3 is 0 Å². The largest absolute Gasteiger partial charge is 0.487 e. The van der Waals surface area contributed by atoms with E-state index in [4.69, 9.17) is 11.2 Å². The van der Waals surface area contributed by atoms with Crippen LogP contribution in [0.2, 0.25) is 0 Å². The van der Waals surface area contributed by atoms with E-state index < -0.39 is 0 Å². The first-order chi connectivity index (χ1) is 6.52. The maximum Gasteiger partial charge on any atom is 0.126 e. The molecule has 14 heavy (non-hydrogen) atoms. The van der Waals surface area contributed by atoms with Crippen molar-refractivity contribution in [3.05, 3.63) is 28.8 Å². The molecule has 0 aliphatic carbocycles. The van der Waals surface area contributed by atoms with Crippen LogP contribution in [-0.2, 0) is 6.42 Å². The smallest absolute Gasteiger partial charge is 0.126 e. The van der Waals surface area contributed by atoms with E-state index in [0.29, 0.717) is 0 Å². The van der Waals surface area contributed by atoms with E-state index in [1.807, 2.05) is 13.0 Å². The van der Waals surface area contributed by atoms with Gasteiger partial charge in [0.15, 0.2) is 0 Å². The fourth-order valence-corrected chi connectivity index (χ4v) is 1.98. The lowest BCUT2D eigenvalue weighted by atomic mass is 9.99. The fourth-order valence-electron chi connectivity index (χ4n) is 1.98. The molecule has 72 valence electrons. The van der Waals surface area contributed by atoms with Crippen LogP contribution in [0, 0.1) is 19.3 Å². The van der Waals surface area contributed by atoms with Gasteiger partial charge in [-0.2, -0.15) is 0 Å². The molecule has 0 spiro atoms. The predicted molar refractivity (Wildman–Crippen MR) is 57.5 cm³/mol. The highest BCUT2D eigenvalue weighted by Crippen LogP contribution is 2.37. The quantitative estimate of drug-likeness (QED) is 0.566. The first kappa shape index (κ1) is 9.15. The Balaban J connectivity index is 2.54. The van der Waals surface area contributed by atoms with Crippen LogP contribution in [0.5, 0.6) is 5.75 Å². The van der Waals surface area contributed by atoms with Gasteiger partial charge in [-0.05, 0) is 44.0 Å². The summed E-state index contributed by atoms with van der Waals surface area (Å²) in [5.41, 5.74) is 3.24. The van der Waals surface area contributed by atoms with E-state index in [9.17, 15) is 0 Å². The number of terminal acetylenes is 1. The Bertz CT molecular complexity index is 422. The van der Waals surface area contributed by atoms with Crippen LogP contribution in [0.4, 0.5) is 0 Å². The van der Waals surface area contributed by atoms with Gasteiger partial charge in [0.2, 0.25) is 0 Å².